The highest BCUT2D eigenvalue weighted by Gasteiger charge is 2.14. The number of hydrogen-bond acceptors (Lipinski definition) is 1. The van der Waals surface area contributed by atoms with Gasteiger partial charge in [0.1, 0.15) is 11.6 Å². The van der Waals surface area contributed by atoms with Crippen LogP contribution in [0.15, 0.2) is 12.1 Å². The summed E-state index contributed by atoms with van der Waals surface area (Å²) in [5.74, 6) is -1.85. The zero-order valence-corrected chi connectivity index (χ0v) is 8.40. The van der Waals surface area contributed by atoms with Crippen LogP contribution in [0.4, 0.5) is 8.78 Å². The monoisotopic (exact) mass is 198 g/mol. The molecule has 0 fully saturated rings. The van der Waals surface area contributed by atoms with E-state index in [1.54, 1.807) is 13.8 Å². The molecule has 0 aliphatic heterocycles. The minimum Gasteiger partial charge on any atom is -0.294 e. The predicted octanol–water partition coefficient (Wildman–Crippen LogP) is 3.11. The Hall–Kier alpha value is -1.25. The SMILES string of the molecule is Cc1c(F)cc(C(=O)C(C)C)cc1F. The van der Waals surface area contributed by atoms with E-state index >= 15 is 0 Å². The van der Waals surface area contributed by atoms with Crippen molar-refractivity contribution in [3.05, 3.63) is 34.9 Å². The second-order valence-corrected chi connectivity index (χ2v) is 3.58. The maximum absolute atomic E-state index is 13.1. The number of hydrogen-bond donors (Lipinski definition) is 0. The van der Waals surface area contributed by atoms with Gasteiger partial charge in [0.15, 0.2) is 5.78 Å². The van der Waals surface area contributed by atoms with E-state index in [0.717, 1.165) is 12.1 Å². The first kappa shape index (κ1) is 10.8. The van der Waals surface area contributed by atoms with Gasteiger partial charge in [-0.2, -0.15) is 0 Å². The fourth-order valence-corrected chi connectivity index (χ4v) is 1.12. The van der Waals surface area contributed by atoms with Crippen molar-refractivity contribution in [1.29, 1.82) is 0 Å². The summed E-state index contributed by atoms with van der Waals surface area (Å²) in [7, 11) is 0. The Balaban J connectivity index is 3.19. The molecule has 0 atom stereocenters. The quantitative estimate of drug-likeness (QED) is 0.667. The van der Waals surface area contributed by atoms with Crippen LogP contribution in [-0.4, -0.2) is 5.78 Å². The van der Waals surface area contributed by atoms with E-state index in [0.29, 0.717) is 0 Å². The third-order valence-electron chi connectivity index (χ3n) is 2.09. The summed E-state index contributed by atoms with van der Waals surface area (Å²) in [6, 6.07) is 2.17. The lowest BCUT2D eigenvalue weighted by molar-refractivity contribution is 0.0938. The summed E-state index contributed by atoms with van der Waals surface area (Å²) in [4.78, 5) is 11.4. The highest BCUT2D eigenvalue weighted by Crippen LogP contribution is 2.16. The molecule has 1 aromatic carbocycles. The van der Waals surface area contributed by atoms with E-state index < -0.39 is 11.6 Å². The van der Waals surface area contributed by atoms with Gasteiger partial charge in [0.2, 0.25) is 0 Å². The van der Waals surface area contributed by atoms with E-state index in [2.05, 4.69) is 0 Å². The molecule has 14 heavy (non-hydrogen) atoms. The molecule has 0 heterocycles. The Bertz CT molecular complexity index is 347. The highest BCUT2D eigenvalue weighted by atomic mass is 19.1. The first-order valence-corrected chi connectivity index (χ1v) is 4.43. The third kappa shape index (κ3) is 1.97. The van der Waals surface area contributed by atoms with Crippen LogP contribution in [-0.2, 0) is 0 Å². The van der Waals surface area contributed by atoms with Crippen LogP contribution in [0.1, 0.15) is 29.8 Å². The third-order valence-corrected chi connectivity index (χ3v) is 2.09. The number of benzene rings is 1. The number of carbonyl (C=O) groups is 1. The maximum Gasteiger partial charge on any atom is 0.165 e. The Labute approximate surface area is 81.7 Å². The van der Waals surface area contributed by atoms with Gasteiger partial charge in [-0.15, -0.1) is 0 Å². The molecule has 0 aliphatic carbocycles. The Morgan fingerprint density at radius 1 is 1.21 bits per heavy atom. The van der Waals surface area contributed by atoms with Crippen LogP contribution in [0.3, 0.4) is 0 Å². The van der Waals surface area contributed by atoms with Crippen molar-refractivity contribution in [3.8, 4) is 0 Å². The Morgan fingerprint density at radius 3 is 2.00 bits per heavy atom. The molecule has 0 saturated carbocycles. The van der Waals surface area contributed by atoms with Crippen LogP contribution in [0.25, 0.3) is 0 Å². The molecule has 0 saturated heterocycles. The van der Waals surface area contributed by atoms with Gasteiger partial charge >= 0.3 is 0 Å². The van der Waals surface area contributed by atoms with E-state index in [9.17, 15) is 13.6 Å². The van der Waals surface area contributed by atoms with E-state index in [-0.39, 0.29) is 22.8 Å². The van der Waals surface area contributed by atoms with Gasteiger partial charge in [0.05, 0.1) is 0 Å². The summed E-state index contributed by atoms with van der Waals surface area (Å²) >= 11 is 0. The highest BCUT2D eigenvalue weighted by molar-refractivity contribution is 5.97. The average molecular weight is 198 g/mol. The molecule has 0 amide bonds. The van der Waals surface area contributed by atoms with Gasteiger partial charge in [-0.3, -0.25) is 4.79 Å². The molecule has 1 aromatic rings. The number of Topliss-reactive ketones (excluding diaryl/α,β-unsaturated/α-hetero) is 1. The number of ketones is 1. The van der Waals surface area contributed by atoms with Crippen molar-refractivity contribution < 1.29 is 13.6 Å². The van der Waals surface area contributed by atoms with Gasteiger partial charge in [0, 0.05) is 17.0 Å². The number of halogens is 2. The largest absolute Gasteiger partial charge is 0.294 e. The second kappa shape index (κ2) is 3.86. The minimum absolute atomic E-state index is 0.0506. The molecule has 0 N–H and O–H groups in total. The fourth-order valence-electron chi connectivity index (χ4n) is 1.12. The van der Waals surface area contributed by atoms with Crippen LogP contribution < -0.4 is 0 Å². The van der Waals surface area contributed by atoms with Crippen molar-refractivity contribution >= 4 is 5.78 Å². The molecule has 76 valence electrons. The lowest BCUT2D eigenvalue weighted by Crippen LogP contribution is -2.09. The van der Waals surface area contributed by atoms with Crippen molar-refractivity contribution in [3.63, 3.8) is 0 Å². The van der Waals surface area contributed by atoms with Gasteiger partial charge in [0.25, 0.3) is 0 Å². The molecule has 1 rings (SSSR count). The van der Waals surface area contributed by atoms with Crippen LogP contribution in [0.2, 0.25) is 0 Å². The lowest BCUT2D eigenvalue weighted by Gasteiger charge is -2.06. The molecule has 0 unspecified atom stereocenters. The number of carbonyl (C=O) groups excluding carboxylic acids is 1. The van der Waals surface area contributed by atoms with E-state index in [4.69, 9.17) is 0 Å². The second-order valence-electron chi connectivity index (χ2n) is 3.58. The summed E-state index contributed by atoms with van der Waals surface area (Å²) in [5.41, 5.74) is 0.0471. The van der Waals surface area contributed by atoms with Gasteiger partial charge in [-0.1, -0.05) is 13.8 Å². The van der Waals surface area contributed by atoms with Gasteiger partial charge < -0.3 is 0 Å². The smallest absolute Gasteiger partial charge is 0.165 e. The lowest BCUT2D eigenvalue weighted by atomic mass is 10.00. The number of rotatable bonds is 2. The standard InChI is InChI=1S/C11H12F2O/c1-6(2)11(14)8-4-9(12)7(3)10(13)5-8/h4-6H,1-3H3. The molecule has 0 radical (unpaired) electrons. The summed E-state index contributed by atoms with van der Waals surface area (Å²) in [6.07, 6.45) is 0. The van der Waals surface area contributed by atoms with Crippen molar-refractivity contribution in [1.82, 2.24) is 0 Å². The molecule has 0 spiro atoms. The molecule has 1 nitrogen and oxygen atoms in total. The fraction of sp³-hybridized carbons (Fsp3) is 0.364. The minimum atomic E-state index is -0.672. The zero-order valence-electron chi connectivity index (χ0n) is 8.40. The molecule has 0 aromatic heterocycles. The van der Waals surface area contributed by atoms with Gasteiger partial charge in [-0.05, 0) is 19.1 Å². The first-order chi connectivity index (χ1) is 6.43. The normalized spacial score (nSPS) is 10.7. The Kier molecular flexibility index (Phi) is 2.99. The maximum atomic E-state index is 13.1. The molecular weight excluding hydrogens is 186 g/mol. The van der Waals surface area contributed by atoms with Crippen molar-refractivity contribution in [2.75, 3.05) is 0 Å². The molecule has 0 aliphatic rings. The van der Waals surface area contributed by atoms with Crippen LogP contribution in [0, 0.1) is 24.5 Å². The van der Waals surface area contributed by atoms with Gasteiger partial charge in [-0.25, -0.2) is 8.78 Å². The Morgan fingerprint density at radius 2 is 1.64 bits per heavy atom. The van der Waals surface area contributed by atoms with Crippen LogP contribution >= 0.6 is 0 Å². The van der Waals surface area contributed by atoms with E-state index in [1.165, 1.54) is 6.92 Å². The predicted molar refractivity (Wildman–Crippen MR) is 50.3 cm³/mol. The van der Waals surface area contributed by atoms with Crippen molar-refractivity contribution in [2.45, 2.75) is 20.8 Å². The topological polar surface area (TPSA) is 17.1 Å². The van der Waals surface area contributed by atoms with Crippen molar-refractivity contribution in [2.24, 2.45) is 5.92 Å². The summed E-state index contributed by atoms with van der Waals surface area (Å²) < 4.78 is 26.1. The van der Waals surface area contributed by atoms with Crippen LogP contribution in [0.5, 0.6) is 0 Å². The molecular formula is C11H12F2O. The van der Waals surface area contributed by atoms with E-state index in [1.807, 2.05) is 0 Å². The summed E-state index contributed by atoms with van der Waals surface area (Å²) in [6.45, 7) is 4.73. The molecule has 3 heteroatoms. The average Bonchev–Trinajstić information content (AvgIpc) is 2.12. The zero-order chi connectivity index (χ0) is 10.9. The first-order valence-electron chi connectivity index (χ1n) is 4.43. The molecule has 0 bridgehead atoms. The summed E-state index contributed by atoms with van der Waals surface area (Å²) in [5, 5.41) is 0.